The van der Waals surface area contributed by atoms with E-state index in [4.69, 9.17) is 0 Å². The molecule has 144 valence electrons. The summed E-state index contributed by atoms with van der Waals surface area (Å²) in [5, 5.41) is 4.20. The summed E-state index contributed by atoms with van der Waals surface area (Å²) >= 11 is 0. The van der Waals surface area contributed by atoms with Gasteiger partial charge in [0.1, 0.15) is 0 Å². The van der Waals surface area contributed by atoms with E-state index in [1.54, 1.807) is 48.5 Å². The molecule has 3 aromatic rings. The van der Waals surface area contributed by atoms with Gasteiger partial charge in [-0.3, -0.25) is 24.1 Å². The van der Waals surface area contributed by atoms with Crippen molar-refractivity contribution in [3.8, 4) is 0 Å². The van der Waals surface area contributed by atoms with Crippen molar-refractivity contribution >= 4 is 40.0 Å². The van der Waals surface area contributed by atoms with Crippen LogP contribution in [0, 0.1) is 0 Å². The number of hydrogen-bond acceptors (Lipinski definition) is 4. The van der Waals surface area contributed by atoms with E-state index >= 15 is 0 Å². The molecule has 3 aromatic carbocycles. The third-order valence-electron chi connectivity index (χ3n) is 4.97. The Balaban J connectivity index is 1.50. The number of anilines is 1. The maximum Gasteiger partial charge on any atom is 0.261 e. The van der Waals surface area contributed by atoms with Gasteiger partial charge < -0.3 is 5.32 Å². The summed E-state index contributed by atoms with van der Waals surface area (Å²) in [7, 11) is 0. The standard InChI is InChI=1S/C23H18N2O4/c1-14(26)16-7-2-8-17(13-16)24-20(27)11-12-25-22(28)18-9-3-5-15-6-4-10-19(21(15)18)23(25)29/h2-10,13H,11-12H2,1H3,(H,24,27). The molecule has 0 unspecified atom stereocenters. The molecule has 4 rings (SSSR count). The van der Waals surface area contributed by atoms with Crippen LogP contribution < -0.4 is 5.32 Å². The molecule has 29 heavy (non-hydrogen) atoms. The summed E-state index contributed by atoms with van der Waals surface area (Å²) < 4.78 is 0. The number of carbonyl (C=O) groups is 4. The zero-order chi connectivity index (χ0) is 20.5. The lowest BCUT2D eigenvalue weighted by Crippen LogP contribution is -2.41. The zero-order valence-corrected chi connectivity index (χ0v) is 15.8. The minimum Gasteiger partial charge on any atom is -0.326 e. The normalized spacial score (nSPS) is 12.9. The molecule has 0 aliphatic carbocycles. The van der Waals surface area contributed by atoms with E-state index in [-0.39, 0.29) is 24.7 Å². The molecule has 0 atom stereocenters. The number of hydrogen-bond donors (Lipinski definition) is 1. The van der Waals surface area contributed by atoms with Gasteiger partial charge in [-0.05, 0) is 36.6 Å². The predicted molar refractivity (Wildman–Crippen MR) is 109 cm³/mol. The molecule has 1 N–H and O–H groups in total. The van der Waals surface area contributed by atoms with Crippen LogP contribution in [0.2, 0.25) is 0 Å². The van der Waals surface area contributed by atoms with Crippen molar-refractivity contribution in [3.05, 3.63) is 77.4 Å². The molecular weight excluding hydrogens is 368 g/mol. The largest absolute Gasteiger partial charge is 0.326 e. The highest BCUT2D eigenvalue weighted by atomic mass is 16.2. The van der Waals surface area contributed by atoms with Gasteiger partial charge in [-0.2, -0.15) is 0 Å². The maximum atomic E-state index is 12.8. The average Bonchev–Trinajstić information content (AvgIpc) is 2.72. The lowest BCUT2D eigenvalue weighted by Gasteiger charge is -2.27. The van der Waals surface area contributed by atoms with Crippen LogP contribution >= 0.6 is 0 Å². The molecule has 6 nitrogen and oxygen atoms in total. The van der Waals surface area contributed by atoms with Gasteiger partial charge in [0.05, 0.1) is 0 Å². The number of nitrogens with zero attached hydrogens (tertiary/aromatic N) is 1. The van der Waals surface area contributed by atoms with Crippen LogP contribution in [-0.4, -0.2) is 34.9 Å². The van der Waals surface area contributed by atoms with Crippen molar-refractivity contribution in [1.29, 1.82) is 0 Å². The lowest BCUT2D eigenvalue weighted by atomic mass is 9.94. The predicted octanol–water partition coefficient (Wildman–Crippen LogP) is 3.67. The second-order valence-electron chi connectivity index (χ2n) is 6.91. The molecular formula is C23H18N2O4. The summed E-state index contributed by atoms with van der Waals surface area (Å²) in [6, 6.07) is 17.3. The zero-order valence-electron chi connectivity index (χ0n) is 15.8. The van der Waals surface area contributed by atoms with Gasteiger partial charge in [0.2, 0.25) is 5.91 Å². The average molecular weight is 386 g/mol. The highest BCUT2D eigenvalue weighted by molar-refractivity contribution is 6.25. The van der Waals surface area contributed by atoms with Gasteiger partial charge in [-0.1, -0.05) is 36.4 Å². The van der Waals surface area contributed by atoms with Crippen LogP contribution in [0.25, 0.3) is 10.8 Å². The number of nitrogens with one attached hydrogen (secondary N) is 1. The van der Waals surface area contributed by atoms with Crippen molar-refractivity contribution in [2.45, 2.75) is 13.3 Å². The van der Waals surface area contributed by atoms with E-state index in [0.29, 0.717) is 27.8 Å². The Morgan fingerprint density at radius 3 is 2.14 bits per heavy atom. The third-order valence-corrected chi connectivity index (χ3v) is 4.97. The van der Waals surface area contributed by atoms with Gasteiger partial charge in [0.25, 0.3) is 11.8 Å². The van der Waals surface area contributed by atoms with Crippen molar-refractivity contribution in [2.75, 3.05) is 11.9 Å². The first kappa shape index (κ1) is 18.6. The minimum atomic E-state index is -0.398. The Morgan fingerprint density at radius 2 is 1.52 bits per heavy atom. The first-order valence-electron chi connectivity index (χ1n) is 9.24. The molecule has 1 aliphatic rings. The Kier molecular flexibility index (Phi) is 4.68. The van der Waals surface area contributed by atoms with Crippen LogP contribution in [-0.2, 0) is 4.79 Å². The smallest absolute Gasteiger partial charge is 0.261 e. The molecule has 0 fully saturated rings. The monoisotopic (exact) mass is 386 g/mol. The van der Waals surface area contributed by atoms with Gasteiger partial charge in [0, 0.05) is 40.7 Å². The summed E-state index contributed by atoms with van der Waals surface area (Å²) in [4.78, 5) is 50.6. The molecule has 0 aromatic heterocycles. The molecule has 3 amide bonds. The first-order valence-corrected chi connectivity index (χ1v) is 9.24. The SMILES string of the molecule is CC(=O)c1cccc(NC(=O)CCN2C(=O)c3cccc4cccc(c34)C2=O)c1. The Bertz CT molecular complexity index is 1130. The van der Waals surface area contributed by atoms with Crippen molar-refractivity contribution in [3.63, 3.8) is 0 Å². The molecule has 1 heterocycles. The van der Waals surface area contributed by atoms with Gasteiger partial charge >= 0.3 is 0 Å². The lowest BCUT2D eigenvalue weighted by molar-refractivity contribution is -0.116. The van der Waals surface area contributed by atoms with E-state index in [1.807, 2.05) is 12.1 Å². The third kappa shape index (κ3) is 3.40. The summed E-state index contributed by atoms with van der Waals surface area (Å²) in [5.74, 6) is -1.24. The maximum absolute atomic E-state index is 12.8. The fourth-order valence-electron chi connectivity index (χ4n) is 3.54. The molecule has 0 saturated heterocycles. The van der Waals surface area contributed by atoms with E-state index in [2.05, 4.69) is 5.32 Å². The molecule has 0 bridgehead atoms. The number of ketones is 1. The molecule has 0 radical (unpaired) electrons. The number of amides is 3. The Hall–Kier alpha value is -3.80. The number of carbonyl (C=O) groups excluding carboxylic acids is 4. The van der Waals surface area contributed by atoms with E-state index < -0.39 is 11.8 Å². The second kappa shape index (κ2) is 7.31. The van der Waals surface area contributed by atoms with Crippen molar-refractivity contribution in [1.82, 2.24) is 4.90 Å². The topological polar surface area (TPSA) is 83.6 Å². The molecule has 1 aliphatic heterocycles. The number of benzene rings is 3. The van der Waals surface area contributed by atoms with Crippen molar-refractivity contribution in [2.24, 2.45) is 0 Å². The summed E-state index contributed by atoms with van der Waals surface area (Å²) in [6.45, 7) is 1.42. The van der Waals surface area contributed by atoms with Crippen LogP contribution in [0.4, 0.5) is 5.69 Å². The molecule has 6 heteroatoms. The van der Waals surface area contributed by atoms with E-state index in [0.717, 1.165) is 10.3 Å². The Morgan fingerprint density at radius 1 is 0.897 bits per heavy atom. The highest BCUT2D eigenvalue weighted by Gasteiger charge is 2.32. The fourth-order valence-corrected chi connectivity index (χ4v) is 3.54. The van der Waals surface area contributed by atoms with E-state index in [9.17, 15) is 19.2 Å². The van der Waals surface area contributed by atoms with E-state index in [1.165, 1.54) is 6.92 Å². The van der Waals surface area contributed by atoms with Crippen molar-refractivity contribution < 1.29 is 19.2 Å². The number of Topliss-reactive ketones (excluding diaryl/α,β-unsaturated/α-hetero) is 1. The van der Waals surface area contributed by atoms with Gasteiger partial charge in [0.15, 0.2) is 5.78 Å². The van der Waals surface area contributed by atoms with Crippen LogP contribution in [0.3, 0.4) is 0 Å². The summed E-state index contributed by atoms with van der Waals surface area (Å²) in [6.07, 6.45) is -0.0417. The highest BCUT2D eigenvalue weighted by Crippen LogP contribution is 2.30. The molecule has 0 saturated carbocycles. The minimum absolute atomic E-state index is 0.0272. The second-order valence-corrected chi connectivity index (χ2v) is 6.91. The van der Waals surface area contributed by atoms with Gasteiger partial charge in [-0.25, -0.2) is 0 Å². The van der Waals surface area contributed by atoms with Crippen LogP contribution in [0.1, 0.15) is 44.4 Å². The quantitative estimate of drug-likeness (QED) is 0.536. The van der Waals surface area contributed by atoms with Crippen LogP contribution in [0.5, 0.6) is 0 Å². The van der Waals surface area contributed by atoms with Gasteiger partial charge in [-0.15, -0.1) is 0 Å². The van der Waals surface area contributed by atoms with Crippen LogP contribution in [0.15, 0.2) is 60.7 Å². The Labute approximate surface area is 167 Å². The number of imide groups is 1. The first-order chi connectivity index (χ1) is 14.0. The molecule has 0 spiro atoms. The summed E-state index contributed by atoms with van der Waals surface area (Å²) in [5.41, 5.74) is 1.92. The number of rotatable bonds is 5. The fraction of sp³-hybridized carbons (Fsp3) is 0.130.